The molecule has 0 atom stereocenters. The largest absolute Gasteiger partial charge is 0.342 e. The number of hydrogen-bond donors (Lipinski definition) is 0. The van der Waals surface area contributed by atoms with Gasteiger partial charge in [-0.1, -0.05) is 60.1 Å². The van der Waals surface area contributed by atoms with Crippen molar-refractivity contribution in [2.45, 2.75) is 6.54 Å². The molecule has 0 aliphatic carbocycles. The molecule has 4 aromatic rings. The Morgan fingerprint density at radius 1 is 0.912 bits per heavy atom. The lowest BCUT2D eigenvalue weighted by atomic mass is 10.1. The fourth-order valence-corrected chi connectivity index (χ4v) is 4.90. The van der Waals surface area contributed by atoms with Crippen molar-refractivity contribution in [3.63, 3.8) is 0 Å². The second kappa shape index (κ2) is 9.33. The molecule has 1 fully saturated rings. The third-order valence-corrected chi connectivity index (χ3v) is 6.80. The summed E-state index contributed by atoms with van der Waals surface area (Å²) in [5.41, 5.74) is 3.45. The van der Waals surface area contributed by atoms with Gasteiger partial charge >= 0.3 is 0 Å². The Balaban J connectivity index is 1.42. The first-order valence-electron chi connectivity index (χ1n) is 10.7. The van der Waals surface area contributed by atoms with Gasteiger partial charge in [-0.05, 0) is 53.7 Å². The highest BCUT2D eigenvalue weighted by Gasteiger charge is 2.36. The van der Waals surface area contributed by atoms with Gasteiger partial charge in [0.2, 0.25) is 0 Å². The zero-order chi connectivity index (χ0) is 23.7. The Bertz CT molecular complexity index is 1440. The van der Waals surface area contributed by atoms with Crippen molar-refractivity contribution >= 4 is 57.3 Å². The van der Waals surface area contributed by atoms with Gasteiger partial charge in [-0.15, -0.1) is 0 Å². The van der Waals surface area contributed by atoms with E-state index in [-0.39, 0.29) is 12.3 Å². The quantitative estimate of drug-likeness (QED) is 0.238. The number of amides is 2. The van der Waals surface area contributed by atoms with E-state index < -0.39 is 11.1 Å². The monoisotopic (exact) mass is 486 g/mol. The van der Waals surface area contributed by atoms with Gasteiger partial charge < -0.3 is 4.57 Å². The molecule has 2 amide bonds. The number of thioether (sulfide) groups is 1. The second-order valence-corrected chi connectivity index (χ2v) is 9.34. The maximum Gasteiger partial charge on any atom is 0.293 e. The fraction of sp³-hybridized carbons (Fsp3) is 0.0741. The molecule has 168 valence electrons. The molecule has 7 heteroatoms. The lowest BCUT2D eigenvalue weighted by molar-refractivity contribution is -0.122. The minimum atomic E-state index is -0.461. The summed E-state index contributed by atoms with van der Waals surface area (Å²) in [4.78, 5) is 39.5. The number of nitrogens with zero attached hydrogens (tertiary/aromatic N) is 2. The van der Waals surface area contributed by atoms with Crippen molar-refractivity contribution in [3.8, 4) is 0 Å². The summed E-state index contributed by atoms with van der Waals surface area (Å²) >= 11 is 6.73. The molecule has 5 rings (SSSR count). The molecular formula is C27H19ClN2O3S. The number of Topliss-reactive ketones (excluding diaryl/α,β-unsaturated/α-hetero) is 1. The van der Waals surface area contributed by atoms with Crippen LogP contribution in [0, 0.1) is 0 Å². The Morgan fingerprint density at radius 2 is 1.62 bits per heavy atom. The van der Waals surface area contributed by atoms with E-state index in [0.717, 1.165) is 38.7 Å². The van der Waals surface area contributed by atoms with E-state index in [1.165, 1.54) is 0 Å². The predicted octanol–water partition coefficient (Wildman–Crippen LogP) is 6.26. The molecule has 1 saturated heterocycles. The Kier molecular flexibility index (Phi) is 6.09. The van der Waals surface area contributed by atoms with E-state index in [1.54, 1.807) is 30.3 Å². The molecule has 34 heavy (non-hydrogen) atoms. The standard InChI is InChI=1S/C27H19ClN2O3S/c28-21-12-10-19(11-13-21)24(31)17-30-26(32)25(34-27(30)33)14-20-16-29(15-18-6-2-1-3-7-18)23-9-5-4-8-22(20)23/h1-14,16H,15,17H2/b25-14-. The van der Waals surface area contributed by atoms with Crippen LogP contribution in [0.3, 0.4) is 0 Å². The lowest BCUT2D eigenvalue weighted by Crippen LogP contribution is -2.33. The molecule has 2 heterocycles. The molecule has 1 aliphatic heterocycles. The molecule has 5 nitrogen and oxygen atoms in total. The molecule has 0 saturated carbocycles. The molecule has 0 bridgehead atoms. The molecule has 3 aromatic carbocycles. The lowest BCUT2D eigenvalue weighted by Gasteiger charge is -2.11. The minimum absolute atomic E-state index is 0.302. The first-order chi connectivity index (χ1) is 16.5. The molecule has 0 radical (unpaired) electrons. The molecular weight excluding hydrogens is 468 g/mol. The zero-order valence-corrected chi connectivity index (χ0v) is 19.6. The second-order valence-electron chi connectivity index (χ2n) is 7.91. The number of ketones is 1. The fourth-order valence-electron chi connectivity index (χ4n) is 3.95. The van der Waals surface area contributed by atoms with Gasteiger partial charge in [0.1, 0.15) is 0 Å². The number of fused-ring (bicyclic) bond motifs is 1. The minimum Gasteiger partial charge on any atom is -0.342 e. The van der Waals surface area contributed by atoms with Crippen LogP contribution >= 0.6 is 23.4 Å². The van der Waals surface area contributed by atoms with Gasteiger partial charge in [0.05, 0.1) is 11.4 Å². The first-order valence-corrected chi connectivity index (χ1v) is 11.8. The molecule has 1 aliphatic rings. The summed E-state index contributed by atoms with van der Waals surface area (Å²) in [5.74, 6) is -0.781. The van der Waals surface area contributed by atoms with Crippen LogP contribution in [0.25, 0.3) is 17.0 Å². The number of aromatic nitrogens is 1. The van der Waals surface area contributed by atoms with Gasteiger partial charge in [0.15, 0.2) is 5.78 Å². The van der Waals surface area contributed by atoms with Crippen molar-refractivity contribution in [2.75, 3.05) is 6.54 Å². The van der Waals surface area contributed by atoms with Crippen LogP contribution in [0.2, 0.25) is 5.02 Å². The van der Waals surface area contributed by atoms with E-state index in [9.17, 15) is 14.4 Å². The van der Waals surface area contributed by atoms with Gasteiger partial charge in [0.25, 0.3) is 11.1 Å². The number of imide groups is 1. The number of hydrogen-bond acceptors (Lipinski definition) is 4. The highest BCUT2D eigenvalue weighted by Crippen LogP contribution is 2.34. The van der Waals surface area contributed by atoms with E-state index in [1.807, 2.05) is 48.7 Å². The van der Waals surface area contributed by atoms with Crippen molar-refractivity contribution in [1.82, 2.24) is 9.47 Å². The zero-order valence-electron chi connectivity index (χ0n) is 18.0. The summed E-state index contributed by atoms with van der Waals surface area (Å²) in [6, 6.07) is 24.5. The van der Waals surface area contributed by atoms with Crippen LogP contribution in [0.4, 0.5) is 4.79 Å². The van der Waals surface area contributed by atoms with Gasteiger partial charge in [-0.25, -0.2) is 0 Å². The molecule has 0 N–H and O–H groups in total. The normalized spacial score (nSPS) is 15.0. The number of benzene rings is 3. The molecule has 0 spiro atoms. The van der Waals surface area contributed by atoms with Crippen LogP contribution < -0.4 is 0 Å². The van der Waals surface area contributed by atoms with Crippen LogP contribution in [0.1, 0.15) is 21.5 Å². The average molecular weight is 487 g/mol. The number of para-hydroxylation sites is 1. The number of halogens is 1. The number of rotatable bonds is 6. The van der Waals surface area contributed by atoms with E-state index in [4.69, 9.17) is 11.6 Å². The van der Waals surface area contributed by atoms with Gasteiger partial charge in [-0.2, -0.15) is 0 Å². The van der Waals surface area contributed by atoms with Crippen molar-refractivity contribution in [3.05, 3.63) is 112 Å². The SMILES string of the molecule is O=C(CN1C(=O)S/C(=C\c2cn(Cc3ccccc3)c3ccccc23)C1=O)c1ccc(Cl)cc1. The van der Waals surface area contributed by atoms with Crippen molar-refractivity contribution < 1.29 is 14.4 Å². The maximum atomic E-state index is 13.0. The molecule has 0 unspecified atom stereocenters. The number of carbonyl (C=O) groups is 3. The predicted molar refractivity (Wildman–Crippen MR) is 136 cm³/mol. The van der Waals surface area contributed by atoms with Crippen LogP contribution in [-0.4, -0.2) is 32.9 Å². The highest BCUT2D eigenvalue weighted by atomic mass is 35.5. The smallest absolute Gasteiger partial charge is 0.293 e. The topological polar surface area (TPSA) is 59.4 Å². The van der Waals surface area contributed by atoms with E-state index in [2.05, 4.69) is 16.7 Å². The summed E-state index contributed by atoms with van der Waals surface area (Å²) in [6.07, 6.45) is 3.73. The summed E-state index contributed by atoms with van der Waals surface area (Å²) in [7, 11) is 0. The maximum absolute atomic E-state index is 13.0. The number of carbonyl (C=O) groups excluding carboxylic acids is 3. The average Bonchev–Trinajstić information content (AvgIpc) is 3.32. The van der Waals surface area contributed by atoms with Gasteiger partial charge in [0, 0.05) is 39.8 Å². The van der Waals surface area contributed by atoms with Crippen LogP contribution in [0.5, 0.6) is 0 Å². The summed E-state index contributed by atoms with van der Waals surface area (Å²) in [6.45, 7) is 0.381. The highest BCUT2D eigenvalue weighted by molar-refractivity contribution is 8.18. The molecule has 1 aromatic heterocycles. The van der Waals surface area contributed by atoms with Crippen LogP contribution in [-0.2, 0) is 11.3 Å². The Labute approximate surface area is 205 Å². The van der Waals surface area contributed by atoms with Crippen molar-refractivity contribution in [2.24, 2.45) is 0 Å². The van der Waals surface area contributed by atoms with Gasteiger partial charge in [-0.3, -0.25) is 19.3 Å². The van der Waals surface area contributed by atoms with E-state index >= 15 is 0 Å². The Morgan fingerprint density at radius 3 is 2.38 bits per heavy atom. The summed E-state index contributed by atoms with van der Waals surface area (Å²) in [5, 5.41) is 1.05. The summed E-state index contributed by atoms with van der Waals surface area (Å²) < 4.78 is 2.13. The van der Waals surface area contributed by atoms with Crippen LogP contribution in [0.15, 0.2) is 90.0 Å². The van der Waals surface area contributed by atoms with E-state index in [0.29, 0.717) is 22.0 Å². The third-order valence-electron chi connectivity index (χ3n) is 5.64. The third kappa shape index (κ3) is 4.42. The first kappa shape index (κ1) is 22.2. The van der Waals surface area contributed by atoms with Crippen molar-refractivity contribution in [1.29, 1.82) is 0 Å². The Hall–Kier alpha value is -3.61.